The number of rotatable bonds is 5. The SMILES string of the molecule is C[Si](C)(C)CCOC(=O)NC1CN(C(=O)O)CC1CO. The minimum atomic E-state index is -1.25. The number of hydrogen-bond acceptors (Lipinski definition) is 4. The molecule has 0 radical (unpaired) electrons. The Labute approximate surface area is 119 Å². The van der Waals surface area contributed by atoms with Gasteiger partial charge in [0.25, 0.3) is 0 Å². The molecule has 7 nitrogen and oxygen atoms in total. The van der Waals surface area contributed by atoms with Gasteiger partial charge in [0, 0.05) is 33.7 Å². The van der Waals surface area contributed by atoms with Crippen LogP contribution in [0.4, 0.5) is 9.59 Å². The Morgan fingerprint density at radius 2 is 2.00 bits per heavy atom. The minimum Gasteiger partial charge on any atom is -0.465 e. The molecular weight excluding hydrogens is 280 g/mol. The van der Waals surface area contributed by atoms with Gasteiger partial charge in [-0.25, -0.2) is 9.59 Å². The maximum absolute atomic E-state index is 11.7. The van der Waals surface area contributed by atoms with Crippen molar-refractivity contribution >= 4 is 20.3 Å². The monoisotopic (exact) mass is 304 g/mol. The fourth-order valence-electron chi connectivity index (χ4n) is 2.02. The molecule has 0 aliphatic carbocycles. The summed E-state index contributed by atoms with van der Waals surface area (Å²) in [5, 5.41) is 20.8. The van der Waals surface area contributed by atoms with Crippen LogP contribution in [0.3, 0.4) is 0 Å². The number of carbonyl (C=O) groups excluding carboxylic acids is 1. The number of carbonyl (C=O) groups is 2. The van der Waals surface area contributed by atoms with Gasteiger partial charge in [-0.2, -0.15) is 0 Å². The molecule has 20 heavy (non-hydrogen) atoms. The average molecular weight is 304 g/mol. The third kappa shape index (κ3) is 5.38. The molecule has 2 atom stereocenters. The van der Waals surface area contributed by atoms with Crippen LogP contribution in [-0.2, 0) is 4.74 Å². The second-order valence-corrected chi connectivity index (χ2v) is 11.9. The number of alkyl carbamates (subject to hydrolysis) is 1. The van der Waals surface area contributed by atoms with Crippen LogP contribution < -0.4 is 5.32 Å². The Bertz CT molecular complexity index is 358. The standard InChI is InChI=1S/C12H24N2O5Si/c1-20(2,3)5-4-19-11(16)13-10-7-14(12(17)18)6-9(10)8-15/h9-10,15H,4-8H2,1-3H3,(H,13,16)(H,17,18). The molecular formula is C12H24N2O5Si. The summed E-state index contributed by atoms with van der Waals surface area (Å²) in [4.78, 5) is 23.7. The molecule has 1 aliphatic rings. The summed E-state index contributed by atoms with van der Waals surface area (Å²) in [6.07, 6.45) is -1.58. The molecule has 0 saturated carbocycles. The Morgan fingerprint density at radius 1 is 1.35 bits per heavy atom. The van der Waals surface area contributed by atoms with E-state index in [2.05, 4.69) is 25.0 Å². The Kier molecular flexibility index (Phi) is 5.82. The zero-order valence-electron chi connectivity index (χ0n) is 12.3. The van der Waals surface area contributed by atoms with E-state index in [4.69, 9.17) is 9.84 Å². The number of likely N-dealkylation sites (tertiary alicyclic amines) is 1. The summed E-state index contributed by atoms with van der Waals surface area (Å²) < 4.78 is 5.11. The number of carboxylic acid groups (broad SMARTS) is 1. The largest absolute Gasteiger partial charge is 0.465 e. The number of aliphatic hydroxyl groups is 1. The summed E-state index contributed by atoms with van der Waals surface area (Å²) >= 11 is 0. The van der Waals surface area contributed by atoms with Crippen LogP contribution in [-0.4, -0.2) is 67.7 Å². The lowest BCUT2D eigenvalue weighted by Crippen LogP contribution is -2.42. The molecule has 1 rings (SSSR count). The van der Waals surface area contributed by atoms with E-state index < -0.39 is 26.3 Å². The highest BCUT2D eigenvalue weighted by Crippen LogP contribution is 2.17. The highest BCUT2D eigenvalue weighted by Gasteiger charge is 2.36. The molecule has 1 saturated heterocycles. The van der Waals surface area contributed by atoms with Gasteiger partial charge in [0.1, 0.15) is 0 Å². The Morgan fingerprint density at radius 3 is 2.50 bits per heavy atom. The van der Waals surface area contributed by atoms with Crippen molar-refractivity contribution in [2.45, 2.75) is 31.7 Å². The van der Waals surface area contributed by atoms with Gasteiger partial charge in [0.05, 0.1) is 12.6 Å². The maximum atomic E-state index is 11.7. The summed E-state index contributed by atoms with van der Waals surface area (Å²) in [5.41, 5.74) is 0. The maximum Gasteiger partial charge on any atom is 0.407 e. The summed E-state index contributed by atoms with van der Waals surface area (Å²) in [6.45, 7) is 7.20. The molecule has 0 aromatic carbocycles. The molecule has 2 unspecified atom stereocenters. The molecule has 0 bridgehead atoms. The number of nitrogens with one attached hydrogen (secondary N) is 1. The zero-order valence-corrected chi connectivity index (χ0v) is 13.3. The molecule has 116 valence electrons. The smallest absolute Gasteiger partial charge is 0.407 e. The number of ether oxygens (including phenoxy) is 1. The molecule has 8 heteroatoms. The fourth-order valence-corrected chi connectivity index (χ4v) is 2.73. The molecule has 2 amide bonds. The lowest BCUT2D eigenvalue weighted by Gasteiger charge is -2.19. The predicted molar refractivity (Wildman–Crippen MR) is 76.6 cm³/mol. The predicted octanol–water partition coefficient (Wildman–Crippen LogP) is 1.02. The molecule has 1 aliphatic heterocycles. The minimum absolute atomic E-state index is 0.163. The fraction of sp³-hybridized carbons (Fsp3) is 0.833. The normalized spacial score (nSPS) is 22.7. The highest BCUT2D eigenvalue weighted by atomic mass is 28.3. The van der Waals surface area contributed by atoms with Gasteiger partial charge < -0.3 is 25.2 Å². The van der Waals surface area contributed by atoms with Crippen LogP contribution in [0.2, 0.25) is 25.7 Å². The first-order chi connectivity index (χ1) is 9.23. The summed E-state index contributed by atoms with van der Waals surface area (Å²) in [7, 11) is -1.25. The highest BCUT2D eigenvalue weighted by molar-refractivity contribution is 6.76. The van der Waals surface area contributed by atoms with Crippen molar-refractivity contribution in [3.8, 4) is 0 Å². The van der Waals surface area contributed by atoms with Gasteiger partial charge in [-0.05, 0) is 6.04 Å². The van der Waals surface area contributed by atoms with Gasteiger partial charge in [-0.3, -0.25) is 0 Å². The topological polar surface area (TPSA) is 99.1 Å². The van der Waals surface area contributed by atoms with E-state index in [9.17, 15) is 14.7 Å². The summed E-state index contributed by atoms with van der Waals surface area (Å²) in [6, 6.07) is 0.492. The number of nitrogens with zero attached hydrogens (tertiary/aromatic N) is 1. The van der Waals surface area contributed by atoms with Crippen LogP contribution in [0.5, 0.6) is 0 Å². The van der Waals surface area contributed by atoms with Crippen LogP contribution >= 0.6 is 0 Å². The van der Waals surface area contributed by atoms with E-state index in [-0.39, 0.29) is 25.6 Å². The number of hydrogen-bond donors (Lipinski definition) is 3. The zero-order chi connectivity index (χ0) is 15.3. The van der Waals surface area contributed by atoms with Gasteiger partial charge in [-0.1, -0.05) is 19.6 Å². The van der Waals surface area contributed by atoms with Crippen molar-refractivity contribution < 1.29 is 24.5 Å². The average Bonchev–Trinajstić information content (AvgIpc) is 2.70. The third-order valence-corrected chi connectivity index (χ3v) is 5.04. The first-order valence-corrected chi connectivity index (χ1v) is 10.5. The second kappa shape index (κ2) is 6.94. The van der Waals surface area contributed by atoms with Crippen molar-refractivity contribution in [1.29, 1.82) is 0 Å². The van der Waals surface area contributed by atoms with Crippen LogP contribution in [0, 0.1) is 5.92 Å². The van der Waals surface area contributed by atoms with E-state index >= 15 is 0 Å². The second-order valence-electron chi connectivity index (χ2n) is 6.33. The van der Waals surface area contributed by atoms with Gasteiger partial charge in [0.2, 0.25) is 0 Å². The molecule has 1 fully saturated rings. The van der Waals surface area contributed by atoms with Gasteiger partial charge >= 0.3 is 12.2 Å². The lowest BCUT2D eigenvalue weighted by molar-refractivity contribution is 0.141. The van der Waals surface area contributed by atoms with Gasteiger partial charge in [0.15, 0.2) is 0 Å². The molecule has 0 aromatic heterocycles. The first-order valence-electron chi connectivity index (χ1n) is 6.75. The summed E-state index contributed by atoms with van der Waals surface area (Å²) in [5.74, 6) is -0.282. The Balaban J connectivity index is 2.39. The molecule has 0 aromatic rings. The van der Waals surface area contributed by atoms with E-state index in [1.165, 1.54) is 4.90 Å². The van der Waals surface area contributed by atoms with Crippen LogP contribution in [0.25, 0.3) is 0 Å². The number of amides is 2. The third-order valence-electron chi connectivity index (χ3n) is 3.33. The van der Waals surface area contributed by atoms with E-state index in [1.54, 1.807) is 0 Å². The van der Waals surface area contributed by atoms with E-state index in [0.717, 1.165) is 6.04 Å². The first kappa shape index (κ1) is 16.8. The van der Waals surface area contributed by atoms with Crippen molar-refractivity contribution in [3.05, 3.63) is 0 Å². The van der Waals surface area contributed by atoms with E-state index in [1.807, 2.05) is 0 Å². The van der Waals surface area contributed by atoms with Crippen LogP contribution in [0.15, 0.2) is 0 Å². The van der Waals surface area contributed by atoms with Crippen molar-refractivity contribution in [1.82, 2.24) is 10.2 Å². The molecule has 0 spiro atoms. The van der Waals surface area contributed by atoms with Crippen molar-refractivity contribution in [3.63, 3.8) is 0 Å². The Hall–Kier alpha value is -1.28. The molecule has 3 N–H and O–H groups in total. The van der Waals surface area contributed by atoms with Crippen LogP contribution in [0.1, 0.15) is 0 Å². The number of aliphatic hydroxyl groups excluding tert-OH is 1. The lowest BCUT2D eigenvalue weighted by atomic mass is 10.1. The van der Waals surface area contributed by atoms with Crippen molar-refractivity contribution in [2.24, 2.45) is 5.92 Å². The van der Waals surface area contributed by atoms with Gasteiger partial charge in [-0.15, -0.1) is 0 Å². The van der Waals surface area contributed by atoms with Crippen molar-refractivity contribution in [2.75, 3.05) is 26.3 Å². The quantitative estimate of drug-likeness (QED) is 0.659. The van der Waals surface area contributed by atoms with E-state index in [0.29, 0.717) is 6.61 Å². The molecule has 1 heterocycles.